The van der Waals surface area contributed by atoms with E-state index in [0.717, 1.165) is 10.0 Å². The number of amides is 1. The van der Waals surface area contributed by atoms with Crippen LogP contribution in [0.25, 0.3) is 0 Å². The number of sulfonamides is 1. The lowest BCUT2D eigenvalue weighted by Crippen LogP contribution is -2.26. The summed E-state index contributed by atoms with van der Waals surface area (Å²) in [6.07, 6.45) is 0. The summed E-state index contributed by atoms with van der Waals surface area (Å²) >= 11 is 3.37. The number of nitrogens with one attached hydrogen (secondary N) is 1. The maximum Gasteiger partial charge on any atom is 0.259 e. The van der Waals surface area contributed by atoms with Crippen LogP contribution in [0.5, 0.6) is 5.75 Å². The second kappa shape index (κ2) is 11.4. The van der Waals surface area contributed by atoms with Crippen molar-refractivity contribution in [2.45, 2.75) is 11.4 Å². The fourth-order valence-corrected chi connectivity index (χ4v) is 4.57. The smallest absolute Gasteiger partial charge is 0.259 e. The molecule has 0 saturated heterocycles. The Bertz CT molecular complexity index is 1190. The second-order valence-corrected chi connectivity index (χ2v) is 10.2. The molecule has 0 spiro atoms. The van der Waals surface area contributed by atoms with Gasteiger partial charge in [-0.2, -0.15) is 4.31 Å². The van der Waals surface area contributed by atoms with E-state index in [1.807, 2.05) is 30.3 Å². The molecule has 9 heteroatoms. The van der Waals surface area contributed by atoms with Crippen LogP contribution in [0.4, 0.5) is 5.69 Å². The number of nitrogens with zero attached hydrogens (tertiary/aromatic N) is 1. The topological polar surface area (TPSA) is 84.9 Å². The molecule has 0 aliphatic carbocycles. The van der Waals surface area contributed by atoms with Gasteiger partial charge in [0.2, 0.25) is 10.0 Å². The van der Waals surface area contributed by atoms with Gasteiger partial charge in [-0.05, 0) is 48.0 Å². The van der Waals surface area contributed by atoms with E-state index in [1.54, 1.807) is 37.4 Å². The first kappa shape index (κ1) is 24.9. The summed E-state index contributed by atoms with van der Waals surface area (Å²) < 4.78 is 38.5. The summed E-state index contributed by atoms with van der Waals surface area (Å²) in [5.41, 5.74) is 1.71. The average Bonchev–Trinajstić information content (AvgIpc) is 2.81. The lowest BCUT2D eigenvalue weighted by atomic mass is 10.2. The maximum absolute atomic E-state index is 12.9. The van der Waals surface area contributed by atoms with Crippen LogP contribution < -0.4 is 10.1 Å². The van der Waals surface area contributed by atoms with Gasteiger partial charge in [-0.3, -0.25) is 4.79 Å². The molecule has 0 saturated carbocycles. The van der Waals surface area contributed by atoms with Crippen molar-refractivity contribution in [2.24, 2.45) is 0 Å². The SMILES string of the molecule is COCCOc1ccc(Br)cc1C(=O)Nc1ccc(S(=O)(=O)N(C)Cc2ccccc2)cc1. The monoisotopic (exact) mass is 532 g/mol. The zero-order chi connectivity index (χ0) is 23.8. The van der Waals surface area contributed by atoms with Gasteiger partial charge in [0.25, 0.3) is 5.91 Å². The molecule has 7 nitrogen and oxygen atoms in total. The third kappa shape index (κ3) is 6.64. The molecular formula is C24H25BrN2O5S. The van der Waals surface area contributed by atoms with E-state index in [1.165, 1.54) is 23.5 Å². The number of hydrogen-bond donors (Lipinski definition) is 1. The van der Waals surface area contributed by atoms with Crippen molar-refractivity contribution < 1.29 is 22.7 Å². The molecule has 33 heavy (non-hydrogen) atoms. The number of carbonyl (C=O) groups is 1. The van der Waals surface area contributed by atoms with Gasteiger partial charge in [0, 0.05) is 30.9 Å². The molecule has 174 valence electrons. The molecular weight excluding hydrogens is 508 g/mol. The van der Waals surface area contributed by atoms with E-state index < -0.39 is 10.0 Å². The van der Waals surface area contributed by atoms with Gasteiger partial charge >= 0.3 is 0 Å². The van der Waals surface area contributed by atoms with Gasteiger partial charge in [-0.1, -0.05) is 46.3 Å². The minimum absolute atomic E-state index is 0.143. The van der Waals surface area contributed by atoms with E-state index in [2.05, 4.69) is 21.2 Å². The summed E-state index contributed by atoms with van der Waals surface area (Å²) in [5.74, 6) is 0.0509. The van der Waals surface area contributed by atoms with Crippen LogP contribution in [-0.4, -0.2) is 46.0 Å². The zero-order valence-corrected chi connectivity index (χ0v) is 20.7. The van der Waals surface area contributed by atoms with Gasteiger partial charge in [0.15, 0.2) is 0 Å². The van der Waals surface area contributed by atoms with E-state index in [4.69, 9.17) is 9.47 Å². The molecule has 0 radical (unpaired) electrons. The lowest BCUT2D eigenvalue weighted by molar-refractivity contribution is 0.101. The van der Waals surface area contributed by atoms with Crippen molar-refractivity contribution in [1.82, 2.24) is 4.31 Å². The van der Waals surface area contributed by atoms with Crippen molar-refractivity contribution in [3.63, 3.8) is 0 Å². The van der Waals surface area contributed by atoms with Crippen molar-refractivity contribution in [3.05, 3.63) is 88.4 Å². The first-order valence-corrected chi connectivity index (χ1v) is 12.4. The van der Waals surface area contributed by atoms with Gasteiger partial charge in [0.05, 0.1) is 17.1 Å². The number of halogens is 1. The Morgan fingerprint density at radius 1 is 1.00 bits per heavy atom. The van der Waals surface area contributed by atoms with Crippen LogP contribution in [0.15, 0.2) is 82.2 Å². The highest BCUT2D eigenvalue weighted by atomic mass is 79.9. The molecule has 1 amide bonds. The molecule has 0 fully saturated rings. The van der Waals surface area contributed by atoms with Crippen LogP contribution in [-0.2, 0) is 21.3 Å². The Labute approximate surface area is 202 Å². The van der Waals surface area contributed by atoms with E-state index in [-0.39, 0.29) is 17.3 Å². The van der Waals surface area contributed by atoms with Crippen LogP contribution in [0.3, 0.4) is 0 Å². The zero-order valence-electron chi connectivity index (χ0n) is 18.3. The average molecular weight is 533 g/mol. The molecule has 0 atom stereocenters. The summed E-state index contributed by atoms with van der Waals surface area (Å²) in [6.45, 7) is 0.962. The molecule has 0 aromatic heterocycles. The van der Waals surface area contributed by atoms with Crippen molar-refractivity contribution >= 4 is 37.5 Å². The molecule has 3 aromatic carbocycles. The second-order valence-electron chi connectivity index (χ2n) is 7.21. The predicted octanol–water partition coefficient (Wildman–Crippen LogP) is 4.55. The highest BCUT2D eigenvalue weighted by molar-refractivity contribution is 9.10. The molecule has 0 aliphatic heterocycles. The van der Waals surface area contributed by atoms with E-state index in [9.17, 15) is 13.2 Å². The third-order valence-electron chi connectivity index (χ3n) is 4.80. The van der Waals surface area contributed by atoms with Gasteiger partial charge in [0.1, 0.15) is 12.4 Å². The standard InChI is InChI=1S/C24H25BrN2O5S/c1-27(17-18-6-4-3-5-7-18)33(29,30)21-11-9-20(10-12-21)26-24(28)22-16-19(25)8-13-23(22)32-15-14-31-2/h3-13,16H,14-15,17H2,1-2H3,(H,26,28). The molecule has 0 heterocycles. The minimum atomic E-state index is -3.68. The quantitative estimate of drug-likeness (QED) is 0.387. The number of methoxy groups -OCH3 is 1. The lowest BCUT2D eigenvalue weighted by Gasteiger charge is -2.17. The van der Waals surface area contributed by atoms with Crippen molar-refractivity contribution in [2.75, 3.05) is 32.7 Å². The summed E-state index contributed by atoms with van der Waals surface area (Å²) in [6, 6.07) is 20.6. The number of ether oxygens (including phenoxy) is 2. The van der Waals surface area contributed by atoms with Crippen LogP contribution in [0, 0.1) is 0 Å². The normalized spacial score (nSPS) is 11.4. The Hall–Kier alpha value is -2.72. The van der Waals surface area contributed by atoms with E-state index in [0.29, 0.717) is 30.2 Å². The minimum Gasteiger partial charge on any atom is -0.490 e. The number of hydrogen-bond acceptors (Lipinski definition) is 5. The Balaban J connectivity index is 1.71. The first-order chi connectivity index (χ1) is 15.8. The largest absolute Gasteiger partial charge is 0.490 e. The fraction of sp³-hybridized carbons (Fsp3) is 0.208. The Morgan fingerprint density at radius 3 is 2.36 bits per heavy atom. The fourth-order valence-electron chi connectivity index (χ4n) is 3.05. The first-order valence-electron chi connectivity index (χ1n) is 10.1. The molecule has 1 N–H and O–H groups in total. The van der Waals surface area contributed by atoms with Crippen molar-refractivity contribution in [1.29, 1.82) is 0 Å². The van der Waals surface area contributed by atoms with Gasteiger partial charge in [-0.25, -0.2) is 8.42 Å². The molecule has 3 aromatic rings. The van der Waals surface area contributed by atoms with Gasteiger partial charge < -0.3 is 14.8 Å². The Kier molecular flexibility index (Phi) is 8.62. The molecule has 0 bridgehead atoms. The van der Waals surface area contributed by atoms with Crippen LogP contribution in [0.1, 0.15) is 15.9 Å². The maximum atomic E-state index is 12.9. The third-order valence-corrected chi connectivity index (χ3v) is 7.11. The number of rotatable bonds is 10. The van der Waals surface area contributed by atoms with Crippen LogP contribution >= 0.6 is 15.9 Å². The molecule has 0 aliphatic rings. The highest BCUT2D eigenvalue weighted by Crippen LogP contribution is 2.25. The predicted molar refractivity (Wildman–Crippen MR) is 131 cm³/mol. The number of benzene rings is 3. The summed E-state index contributed by atoms with van der Waals surface area (Å²) in [4.78, 5) is 13.0. The van der Waals surface area contributed by atoms with Crippen molar-refractivity contribution in [3.8, 4) is 5.75 Å². The van der Waals surface area contributed by atoms with Gasteiger partial charge in [-0.15, -0.1) is 0 Å². The highest BCUT2D eigenvalue weighted by Gasteiger charge is 2.21. The Morgan fingerprint density at radius 2 is 1.70 bits per heavy atom. The number of carbonyl (C=O) groups excluding carboxylic acids is 1. The number of anilines is 1. The summed E-state index contributed by atoms with van der Waals surface area (Å²) in [5, 5.41) is 2.78. The molecule has 3 rings (SSSR count). The molecule has 0 unspecified atom stereocenters. The summed E-state index contributed by atoms with van der Waals surface area (Å²) in [7, 11) is -0.568. The van der Waals surface area contributed by atoms with Crippen LogP contribution in [0.2, 0.25) is 0 Å². The van der Waals surface area contributed by atoms with E-state index >= 15 is 0 Å².